The molecule has 0 radical (unpaired) electrons. The van der Waals surface area contributed by atoms with Crippen molar-refractivity contribution in [2.24, 2.45) is 0 Å². The van der Waals surface area contributed by atoms with Crippen LogP contribution in [0, 0.1) is 0 Å². The number of aliphatic hydroxyl groups is 1. The molecule has 78 valence electrons. The zero-order valence-electron chi connectivity index (χ0n) is 7.95. The van der Waals surface area contributed by atoms with Crippen LogP contribution in [-0.2, 0) is 14.3 Å². The van der Waals surface area contributed by atoms with Crippen LogP contribution in [0.3, 0.4) is 0 Å². The average Bonchev–Trinajstić information content (AvgIpc) is 2.03. The van der Waals surface area contributed by atoms with E-state index < -0.39 is 11.9 Å². The number of hydrogen-bond acceptors (Lipinski definition) is 4. The fourth-order valence-corrected chi connectivity index (χ4v) is 0.442. The molecular weight excluding hydrogens is 176 g/mol. The summed E-state index contributed by atoms with van der Waals surface area (Å²) in [5, 5.41) is 15.7. The predicted molar refractivity (Wildman–Crippen MR) is 46.3 cm³/mol. The first-order chi connectivity index (χ1) is 6.08. The number of rotatable bonds is 4. The van der Waals surface area contributed by atoms with Crippen molar-refractivity contribution in [1.29, 1.82) is 0 Å². The minimum atomic E-state index is -0.979. The molecule has 2 N–H and O–H groups in total. The Bertz CT molecular complexity index is 143. The molecule has 0 spiro atoms. The summed E-state index contributed by atoms with van der Waals surface area (Å²) in [5.74, 6) is -1.43. The van der Waals surface area contributed by atoms with Gasteiger partial charge in [-0.15, -0.1) is 0 Å². The summed E-state index contributed by atoms with van der Waals surface area (Å²) >= 11 is 0. The molecule has 0 saturated heterocycles. The van der Waals surface area contributed by atoms with Gasteiger partial charge in [0.25, 0.3) is 0 Å². The molecule has 0 aromatic carbocycles. The Morgan fingerprint density at radius 1 is 1.23 bits per heavy atom. The Morgan fingerprint density at radius 2 is 1.69 bits per heavy atom. The van der Waals surface area contributed by atoms with Gasteiger partial charge in [0.05, 0.1) is 19.4 Å². The van der Waals surface area contributed by atoms with Gasteiger partial charge in [-0.1, -0.05) is 0 Å². The van der Waals surface area contributed by atoms with Crippen LogP contribution in [0.5, 0.6) is 0 Å². The second-order valence-electron chi connectivity index (χ2n) is 2.01. The number of esters is 1. The van der Waals surface area contributed by atoms with Gasteiger partial charge in [-0.05, 0) is 13.8 Å². The van der Waals surface area contributed by atoms with Crippen LogP contribution in [0.25, 0.3) is 0 Å². The molecule has 0 saturated carbocycles. The number of ether oxygens (including phenoxy) is 1. The van der Waals surface area contributed by atoms with Crippen LogP contribution < -0.4 is 0 Å². The van der Waals surface area contributed by atoms with E-state index in [-0.39, 0.29) is 19.4 Å². The molecule has 13 heavy (non-hydrogen) atoms. The van der Waals surface area contributed by atoms with E-state index >= 15 is 0 Å². The Labute approximate surface area is 77.3 Å². The number of aliphatic hydroxyl groups excluding tert-OH is 1. The highest BCUT2D eigenvalue weighted by atomic mass is 16.5. The van der Waals surface area contributed by atoms with Crippen LogP contribution in [0.1, 0.15) is 26.7 Å². The fraction of sp³-hybridized carbons (Fsp3) is 0.750. The van der Waals surface area contributed by atoms with E-state index in [4.69, 9.17) is 10.2 Å². The van der Waals surface area contributed by atoms with Gasteiger partial charge in [0.2, 0.25) is 0 Å². The van der Waals surface area contributed by atoms with Crippen molar-refractivity contribution >= 4 is 11.9 Å². The summed E-state index contributed by atoms with van der Waals surface area (Å²) in [5.41, 5.74) is 0. The van der Waals surface area contributed by atoms with Gasteiger partial charge >= 0.3 is 11.9 Å². The van der Waals surface area contributed by atoms with Gasteiger partial charge < -0.3 is 14.9 Å². The maximum Gasteiger partial charge on any atom is 0.306 e. The van der Waals surface area contributed by atoms with Crippen molar-refractivity contribution in [2.75, 3.05) is 13.2 Å². The lowest BCUT2D eigenvalue weighted by Gasteiger charge is -1.97. The molecule has 0 unspecified atom stereocenters. The van der Waals surface area contributed by atoms with E-state index in [0.29, 0.717) is 6.61 Å². The number of carboxylic acid groups (broad SMARTS) is 1. The standard InChI is InChI=1S/C6H10O4.C2H6O/c1-2-10-6(9)4-3-5(7)8;1-2-3/h2-4H2,1H3,(H,7,8);3H,2H2,1H3. The molecule has 5 heteroatoms. The normalized spacial score (nSPS) is 8.23. The molecule has 0 bridgehead atoms. The van der Waals surface area contributed by atoms with Crippen LogP contribution in [0.15, 0.2) is 0 Å². The Balaban J connectivity index is 0. The lowest BCUT2D eigenvalue weighted by atomic mass is 10.3. The molecule has 0 amide bonds. The lowest BCUT2D eigenvalue weighted by molar-refractivity contribution is -0.147. The quantitative estimate of drug-likeness (QED) is 0.630. The summed E-state index contributed by atoms with van der Waals surface area (Å²) in [6, 6.07) is 0. The zero-order valence-corrected chi connectivity index (χ0v) is 7.95. The van der Waals surface area contributed by atoms with Gasteiger partial charge in [-0.2, -0.15) is 0 Å². The van der Waals surface area contributed by atoms with E-state index in [0.717, 1.165) is 0 Å². The summed E-state index contributed by atoms with van der Waals surface area (Å²) in [6.45, 7) is 3.91. The van der Waals surface area contributed by atoms with Crippen molar-refractivity contribution < 1.29 is 24.5 Å². The third-order valence-electron chi connectivity index (χ3n) is 0.848. The van der Waals surface area contributed by atoms with Crippen LogP contribution in [-0.4, -0.2) is 35.4 Å². The van der Waals surface area contributed by atoms with Gasteiger partial charge in [0.15, 0.2) is 0 Å². The third kappa shape index (κ3) is 18.1. The van der Waals surface area contributed by atoms with Gasteiger partial charge in [-0.3, -0.25) is 9.59 Å². The Morgan fingerprint density at radius 3 is 2.00 bits per heavy atom. The predicted octanol–water partition coefficient (Wildman–Crippen LogP) is 0.413. The summed E-state index contributed by atoms with van der Waals surface area (Å²) < 4.78 is 4.49. The first-order valence-corrected chi connectivity index (χ1v) is 4.06. The topological polar surface area (TPSA) is 83.8 Å². The van der Waals surface area contributed by atoms with E-state index in [2.05, 4.69) is 4.74 Å². The van der Waals surface area contributed by atoms with Crippen molar-refractivity contribution in [3.8, 4) is 0 Å². The SMILES string of the molecule is CCO.CCOC(=O)CCC(=O)O. The molecule has 0 atom stereocenters. The van der Waals surface area contributed by atoms with Crippen LogP contribution in [0.2, 0.25) is 0 Å². The largest absolute Gasteiger partial charge is 0.481 e. The van der Waals surface area contributed by atoms with E-state index in [1.807, 2.05) is 0 Å². The number of carbonyl (C=O) groups excluding carboxylic acids is 1. The van der Waals surface area contributed by atoms with E-state index in [1.165, 1.54) is 0 Å². The van der Waals surface area contributed by atoms with Gasteiger partial charge in [0, 0.05) is 6.61 Å². The second kappa shape index (κ2) is 10.9. The summed E-state index contributed by atoms with van der Waals surface area (Å²) in [7, 11) is 0. The molecule has 0 aliphatic rings. The molecule has 0 rings (SSSR count). The molecule has 0 heterocycles. The van der Waals surface area contributed by atoms with Crippen LogP contribution >= 0.6 is 0 Å². The summed E-state index contributed by atoms with van der Waals surface area (Å²) in [4.78, 5) is 20.4. The molecule has 0 aromatic rings. The number of carbonyl (C=O) groups is 2. The first-order valence-electron chi connectivity index (χ1n) is 4.06. The Kier molecular flexibility index (Phi) is 12.1. The molecule has 0 aliphatic carbocycles. The van der Waals surface area contributed by atoms with E-state index in [9.17, 15) is 9.59 Å². The number of carboxylic acids is 1. The second-order valence-corrected chi connectivity index (χ2v) is 2.01. The van der Waals surface area contributed by atoms with Crippen LogP contribution in [0.4, 0.5) is 0 Å². The lowest BCUT2D eigenvalue weighted by Crippen LogP contribution is -2.06. The van der Waals surface area contributed by atoms with Crippen molar-refractivity contribution in [3.63, 3.8) is 0 Å². The van der Waals surface area contributed by atoms with Gasteiger partial charge in [0.1, 0.15) is 0 Å². The highest BCUT2D eigenvalue weighted by Crippen LogP contribution is 1.91. The minimum Gasteiger partial charge on any atom is -0.481 e. The maximum atomic E-state index is 10.5. The minimum absolute atomic E-state index is 0.0385. The monoisotopic (exact) mass is 192 g/mol. The molecule has 0 aromatic heterocycles. The highest BCUT2D eigenvalue weighted by Gasteiger charge is 2.04. The number of aliphatic carboxylic acids is 1. The molecule has 5 nitrogen and oxygen atoms in total. The molecular formula is C8H16O5. The van der Waals surface area contributed by atoms with E-state index in [1.54, 1.807) is 13.8 Å². The smallest absolute Gasteiger partial charge is 0.306 e. The Hall–Kier alpha value is -1.10. The molecule has 0 fully saturated rings. The van der Waals surface area contributed by atoms with Crippen molar-refractivity contribution in [1.82, 2.24) is 0 Å². The summed E-state index contributed by atoms with van der Waals surface area (Å²) in [6.07, 6.45) is -0.192. The number of hydrogen-bond donors (Lipinski definition) is 2. The van der Waals surface area contributed by atoms with Crippen molar-refractivity contribution in [2.45, 2.75) is 26.7 Å². The first kappa shape index (κ1) is 14.4. The fourth-order valence-electron chi connectivity index (χ4n) is 0.442. The molecule has 0 aliphatic heterocycles. The third-order valence-corrected chi connectivity index (χ3v) is 0.848. The van der Waals surface area contributed by atoms with Gasteiger partial charge in [-0.25, -0.2) is 0 Å². The highest BCUT2D eigenvalue weighted by molar-refractivity contribution is 5.76. The average molecular weight is 192 g/mol. The zero-order chi connectivity index (χ0) is 10.7. The van der Waals surface area contributed by atoms with Crippen molar-refractivity contribution in [3.05, 3.63) is 0 Å². The maximum absolute atomic E-state index is 10.5.